The van der Waals surface area contributed by atoms with Gasteiger partial charge in [0.05, 0.1) is 11.7 Å². The average Bonchev–Trinajstić information content (AvgIpc) is 2.96. The van der Waals surface area contributed by atoms with Crippen LogP contribution in [0.1, 0.15) is 37.2 Å². The Hall–Kier alpha value is -1.58. The molecule has 1 aliphatic rings. The van der Waals surface area contributed by atoms with Gasteiger partial charge in [0, 0.05) is 25.1 Å². The van der Waals surface area contributed by atoms with Crippen LogP contribution in [0.5, 0.6) is 0 Å². The van der Waals surface area contributed by atoms with Gasteiger partial charge in [-0.1, -0.05) is 26.0 Å². The van der Waals surface area contributed by atoms with E-state index in [1.54, 1.807) is 0 Å². The lowest BCUT2D eigenvalue weighted by atomic mass is 10.0. The molecule has 0 fully saturated rings. The van der Waals surface area contributed by atoms with Crippen molar-refractivity contribution in [3.05, 3.63) is 29.1 Å². The first-order valence-corrected chi connectivity index (χ1v) is 6.97. The SMILES string of the molecule is Cc1[nH]nc(CCC(=O)N2CC=C[C@@H]2C(C)C)c1C. The molecule has 0 saturated carbocycles. The monoisotopic (exact) mass is 261 g/mol. The molecular formula is C15H23N3O. The first-order valence-electron chi connectivity index (χ1n) is 6.97. The van der Waals surface area contributed by atoms with Gasteiger partial charge in [-0.3, -0.25) is 9.89 Å². The zero-order valence-corrected chi connectivity index (χ0v) is 12.2. The number of carbonyl (C=O) groups excluding carboxylic acids is 1. The molecule has 0 spiro atoms. The largest absolute Gasteiger partial charge is 0.332 e. The van der Waals surface area contributed by atoms with Crippen molar-refractivity contribution in [2.24, 2.45) is 5.92 Å². The van der Waals surface area contributed by atoms with Gasteiger partial charge in [-0.05, 0) is 25.3 Å². The van der Waals surface area contributed by atoms with E-state index in [-0.39, 0.29) is 11.9 Å². The Bertz CT molecular complexity index is 488. The number of aromatic nitrogens is 2. The van der Waals surface area contributed by atoms with Crippen molar-refractivity contribution >= 4 is 5.91 Å². The molecule has 0 radical (unpaired) electrons. The predicted octanol–water partition coefficient (Wildman–Crippen LogP) is 2.38. The Morgan fingerprint density at radius 2 is 2.26 bits per heavy atom. The van der Waals surface area contributed by atoms with Crippen LogP contribution in [0.4, 0.5) is 0 Å². The van der Waals surface area contributed by atoms with Gasteiger partial charge in [0.15, 0.2) is 0 Å². The number of carbonyl (C=O) groups is 1. The number of amides is 1. The minimum atomic E-state index is 0.226. The standard InChI is InChI=1S/C15H23N3O/c1-10(2)14-6-5-9-18(14)15(19)8-7-13-11(3)12(4)16-17-13/h5-6,10,14H,7-9H2,1-4H3,(H,16,17)/t14-/m1/s1. The second-order valence-electron chi connectivity index (χ2n) is 5.63. The molecule has 0 aliphatic carbocycles. The van der Waals surface area contributed by atoms with Crippen LogP contribution in [0.3, 0.4) is 0 Å². The molecule has 1 amide bonds. The number of hydrogen-bond donors (Lipinski definition) is 1. The fraction of sp³-hybridized carbons (Fsp3) is 0.600. The van der Waals surface area contributed by atoms with Gasteiger partial charge in [-0.2, -0.15) is 5.10 Å². The Labute approximate surface area is 114 Å². The second kappa shape index (κ2) is 5.59. The van der Waals surface area contributed by atoms with Crippen molar-refractivity contribution in [2.75, 3.05) is 6.54 Å². The Balaban J connectivity index is 1.93. The summed E-state index contributed by atoms with van der Waals surface area (Å²) in [6, 6.07) is 0.259. The van der Waals surface area contributed by atoms with Crippen LogP contribution < -0.4 is 0 Å². The maximum Gasteiger partial charge on any atom is 0.223 e. The number of nitrogens with zero attached hydrogens (tertiary/aromatic N) is 2. The molecule has 1 atom stereocenters. The van der Waals surface area contributed by atoms with Crippen LogP contribution in [-0.4, -0.2) is 33.6 Å². The molecule has 0 saturated heterocycles. The highest BCUT2D eigenvalue weighted by Gasteiger charge is 2.26. The third-order valence-electron chi connectivity index (χ3n) is 3.93. The first kappa shape index (κ1) is 13.8. The maximum atomic E-state index is 12.3. The van der Waals surface area contributed by atoms with Gasteiger partial charge in [0.1, 0.15) is 0 Å². The molecular weight excluding hydrogens is 238 g/mol. The molecule has 19 heavy (non-hydrogen) atoms. The van der Waals surface area contributed by atoms with Crippen LogP contribution in [0, 0.1) is 19.8 Å². The van der Waals surface area contributed by atoms with Crippen LogP contribution in [-0.2, 0) is 11.2 Å². The van der Waals surface area contributed by atoms with E-state index in [4.69, 9.17) is 0 Å². The van der Waals surface area contributed by atoms with Crippen molar-refractivity contribution in [1.29, 1.82) is 0 Å². The summed E-state index contributed by atoms with van der Waals surface area (Å²) in [6.45, 7) is 9.11. The van der Waals surface area contributed by atoms with Crippen molar-refractivity contribution in [2.45, 2.75) is 46.6 Å². The van der Waals surface area contributed by atoms with E-state index < -0.39 is 0 Å². The molecule has 1 aromatic rings. The Morgan fingerprint density at radius 3 is 2.84 bits per heavy atom. The molecule has 2 rings (SSSR count). The molecule has 4 heteroatoms. The highest BCUT2D eigenvalue weighted by atomic mass is 16.2. The zero-order valence-electron chi connectivity index (χ0n) is 12.2. The summed E-state index contributed by atoms with van der Waals surface area (Å²) in [4.78, 5) is 14.3. The molecule has 1 N–H and O–H groups in total. The predicted molar refractivity (Wildman–Crippen MR) is 75.9 cm³/mol. The number of H-pyrrole nitrogens is 1. The second-order valence-corrected chi connectivity index (χ2v) is 5.63. The lowest BCUT2D eigenvalue weighted by Crippen LogP contribution is -2.39. The summed E-state index contributed by atoms with van der Waals surface area (Å²) in [7, 11) is 0. The van der Waals surface area contributed by atoms with Gasteiger partial charge in [0.2, 0.25) is 5.91 Å². The number of aryl methyl sites for hydroxylation is 2. The van der Waals surface area contributed by atoms with E-state index in [0.29, 0.717) is 12.3 Å². The smallest absolute Gasteiger partial charge is 0.223 e. The molecule has 1 aromatic heterocycles. The minimum Gasteiger partial charge on any atom is -0.332 e. The van der Waals surface area contributed by atoms with Crippen LogP contribution in [0.15, 0.2) is 12.2 Å². The first-order chi connectivity index (χ1) is 9.00. The number of hydrogen-bond acceptors (Lipinski definition) is 2. The van der Waals surface area contributed by atoms with Gasteiger partial charge >= 0.3 is 0 Å². The third-order valence-corrected chi connectivity index (χ3v) is 3.93. The van der Waals surface area contributed by atoms with Crippen molar-refractivity contribution in [3.8, 4) is 0 Å². The fourth-order valence-corrected chi connectivity index (χ4v) is 2.54. The molecule has 4 nitrogen and oxygen atoms in total. The van der Waals surface area contributed by atoms with E-state index in [1.165, 1.54) is 5.56 Å². The van der Waals surface area contributed by atoms with Crippen molar-refractivity contribution < 1.29 is 4.79 Å². The molecule has 0 aromatic carbocycles. The molecule has 1 aliphatic heterocycles. The van der Waals surface area contributed by atoms with Crippen LogP contribution in [0.2, 0.25) is 0 Å². The van der Waals surface area contributed by atoms with Gasteiger partial charge in [-0.15, -0.1) is 0 Å². The summed E-state index contributed by atoms with van der Waals surface area (Å²) in [5.74, 6) is 0.695. The van der Waals surface area contributed by atoms with Crippen LogP contribution >= 0.6 is 0 Å². The topological polar surface area (TPSA) is 49.0 Å². The summed E-state index contributed by atoms with van der Waals surface area (Å²) in [6.07, 6.45) is 5.49. The fourth-order valence-electron chi connectivity index (χ4n) is 2.54. The summed E-state index contributed by atoms with van der Waals surface area (Å²) in [5, 5.41) is 7.23. The summed E-state index contributed by atoms with van der Waals surface area (Å²) in [5.41, 5.74) is 3.28. The molecule has 2 heterocycles. The molecule has 104 valence electrons. The zero-order chi connectivity index (χ0) is 14.0. The molecule has 0 bridgehead atoms. The highest BCUT2D eigenvalue weighted by Crippen LogP contribution is 2.19. The lowest BCUT2D eigenvalue weighted by molar-refractivity contribution is -0.132. The average molecular weight is 261 g/mol. The Kier molecular flexibility index (Phi) is 4.08. The van der Waals surface area contributed by atoms with E-state index in [9.17, 15) is 4.79 Å². The van der Waals surface area contributed by atoms with E-state index in [1.807, 2.05) is 18.7 Å². The van der Waals surface area contributed by atoms with Gasteiger partial charge < -0.3 is 4.90 Å². The maximum absolute atomic E-state index is 12.3. The lowest BCUT2D eigenvalue weighted by Gasteiger charge is -2.27. The van der Waals surface area contributed by atoms with Gasteiger partial charge in [-0.25, -0.2) is 0 Å². The normalized spacial score (nSPS) is 18.6. The number of rotatable bonds is 4. The van der Waals surface area contributed by atoms with Crippen molar-refractivity contribution in [1.82, 2.24) is 15.1 Å². The summed E-state index contributed by atoms with van der Waals surface area (Å²) < 4.78 is 0. The molecule has 0 unspecified atom stereocenters. The highest BCUT2D eigenvalue weighted by molar-refractivity contribution is 5.77. The van der Waals surface area contributed by atoms with E-state index in [2.05, 4.69) is 36.2 Å². The number of nitrogens with one attached hydrogen (secondary N) is 1. The quantitative estimate of drug-likeness (QED) is 0.846. The Morgan fingerprint density at radius 1 is 1.53 bits per heavy atom. The number of aromatic amines is 1. The summed E-state index contributed by atoms with van der Waals surface area (Å²) >= 11 is 0. The van der Waals surface area contributed by atoms with Gasteiger partial charge in [0.25, 0.3) is 0 Å². The van der Waals surface area contributed by atoms with E-state index in [0.717, 1.165) is 24.4 Å². The van der Waals surface area contributed by atoms with E-state index >= 15 is 0 Å². The van der Waals surface area contributed by atoms with Crippen molar-refractivity contribution in [3.63, 3.8) is 0 Å². The minimum absolute atomic E-state index is 0.226. The van der Waals surface area contributed by atoms with Crippen LogP contribution in [0.25, 0.3) is 0 Å². The third kappa shape index (κ3) is 2.88.